The third-order valence-corrected chi connectivity index (χ3v) is 2.17. The quantitative estimate of drug-likeness (QED) is 0.531. The second-order valence-corrected chi connectivity index (χ2v) is 3.59. The number of amides is 2. The highest BCUT2D eigenvalue weighted by molar-refractivity contribution is 7.98. The van der Waals surface area contributed by atoms with Crippen molar-refractivity contribution in [3.8, 4) is 0 Å². The highest BCUT2D eigenvalue weighted by Crippen LogP contribution is 1.98. The predicted molar refractivity (Wildman–Crippen MR) is 56.1 cm³/mol. The van der Waals surface area contributed by atoms with E-state index < -0.39 is 18.0 Å². The van der Waals surface area contributed by atoms with Crippen LogP contribution < -0.4 is 10.6 Å². The summed E-state index contributed by atoms with van der Waals surface area (Å²) in [4.78, 5) is 22.0. The Bertz CT molecular complexity index is 355. The summed E-state index contributed by atoms with van der Waals surface area (Å²) in [7, 11) is 0. The highest BCUT2D eigenvalue weighted by Gasteiger charge is 2.19. The molecule has 0 spiro atoms. The van der Waals surface area contributed by atoms with E-state index in [-0.39, 0.29) is 11.7 Å². The number of carboxylic acid groups (broad SMARTS) is 1. The lowest BCUT2D eigenvalue weighted by molar-refractivity contribution is -0.138. The number of H-pyrrole nitrogens is 1. The fourth-order valence-electron chi connectivity index (χ4n) is 0.852. The molecule has 0 aliphatic rings. The van der Waals surface area contributed by atoms with Gasteiger partial charge in [0.15, 0.2) is 0 Å². The van der Waals surface area contributed by atoms with Crippen molar-refractivity contribution in [3.63, 3.8) is 0 Å². The van der Waals surface area contributed by atoms with Gasteiger partial charge in [-0.25, -0.2) is 9.59 Å². The maximum atomic E-state index is 11.3. The van der Waals surface area contributed by atoms with Gasteiger partial charge in [-0.2, -0.15) is 17.0 Å². The van der Waals surface area contributed by atoms with Crippen LogP contribution in [-0.2, 0) is 4.79 Å². The molecule has 1 atom stereocenters. The lowest BCUT2D eigenvalue weighted by Gasteiger charge is -2.12. The van der Waals surface area contributed by atoms with Crippen molar-refractivity contribution in [1.82, 2.24) is 25.9 Å². The van der Waals surface area contributed by atoms with Crippen molar-refractivity contribution < 1.29 is 14.7 Å². The molecule has 0 aliphatic carbocycles. The molecule has 10 heteroatoms. The van der Waals surface area contributed by atoms with E-state index in [1.54, 1.807) is 6.26 Å². The number of carboxylic acids is 1. The molecule has 2 amide bonds. The Morgan fingerprint density at radius 3 is 2.88 bits per heavy atom. The number of thioether (sulfide) groups is 1. The van der Waals surface area contributed by atoms with Gasteiger partial charge in [0, 0.05) is 5.75 Å². The summed E-state index contributed by atoms with van der Waals surface area (Å²) in [5.74, 6) is -0.849. The average molecular weight is 246 g/mol. The van der Waals surface area contributed by atoms with Gasteiger partial charge in [0.1, 0.15) is 6.04 Å². The summed E-state index contributed by atoms with van der Waals surface area (Å²) >= 11 is 1.31. The zero-order valence-electron chi connectivity index (χ0n) is 8.30. The number of aromatic amines is 1. The number of hydrogen-bond donors (Lipinski definition) is 4. The summed E-state index contributed by atoms with van der Waals surface area (Å²) in [6, 6.07) is -1.65. The van der Waals surface area contributed by atoms with Crippen molar-refractivity contribution in [1.29, 1.82) is 0 Å². The molecule has 1 rings (SSSR count). The number of aromatic nitrogens is 4. The van der Waals surface area contributed by atoms with E-state index in [0.29, 0.717) is 0 Å². The van der Waals surface area contributed by atoms with Gasteiger partial charge in [0.25, 0.3) is 5.95 Å². The van der Waals surface area contributed by atoms with Crippen LogP contribution in [0.4, 0.5) is 10.7 Å². The molecule has 1 aromatic rings. The van der Waals surface area contributed by atoms with E-state index in [2.05, 4.69) is 31.3 Å². The predicted octanol–water partition coefficient (Wildman–Crippen LogP) is -0.863. The molecular formula is C6H10N6O3S. The van der Waals surface area contributed by atoms with Crippen molar-refractivity contribution in [2.75, 3.05) is 17.3 Å². The number of hydrogen-bond acceptors (Lipinski definition) is 6. The lowest BCUT2D eigenvalue weighted by Crippen LogP contribution is -2.44. The van der Waals surface area contributed by atoms with Crippen LogP contribution in [0.25, 0.3) is 0 Å². The first kappa shape index (κ1) is 12.2. The smallest absolute Gasteiger partial charge is 0.327 e. The van der Waals surface area contributed by atoms with Gasteiger partial charge in [-0.15, -0.1) is 5.10 Å². The van der Waals surface area contributed by atoms with Crippen molar-refractivity contribution in [2.24, 2.45) is 0 Å². The van der Waals surface area contributed by atoms with Gasteiger partial charge in [0.2, 0.25) is 0 Å². The largest absolute Gasteiger partial charge is 0.480 e. The first-order valence-corrected chi connectivity index (χ1v) is 5.55. The van der Waals surface area contributed by atoms with Gasteiger partial charge in [-0.1, -0.05) is 5.10 Å². The minimum atomic E-state index is -1.10. The molecule has 1 aromatic heterocycles. The molecule has 4 N–H and O–H groups in total. The molecule has 1 heterocycles. The molecule has 1 unspecified atom stereocenters. The summed E-state index contributed by atoms with van der Waals surface area (Å²) in [6.07, 6.45) is 1.74. The third kappa shape index (κ3) is 3.73. The Balaban J connectivity index is 2.45. The van der Waals surface area contributed by atoms with Crippen LogP contribution in [0.3, 0.4) is 0 Å². The number of nitrogens with zero attached hydrogens (tertiary/aromatic N) is 3. The topological polar surface area (TPSA) is 133 Å². The first-order chi connectivity index (χ1) is 7.63. The van der Waals surface area contributed by atoms with E-state index in [9.17, 15) is 9.59 Å². The molecule has 0 bridgehead atoms. The van der Waals surface area contributed by atoms with Crippen LogP contribution in [0.5, 0.6) is 0 Å². The van der Waals surface area contributed by atoms with E-state index in [4.69, 9.17) is 5.11 Å². The standard InChI is InChI=1S/C6H10N6O3S/c1-16-2-3(4(13)14)7-6(15)8-5-9-11-12-10-5/h3H,2H2,1H3,(H,13,14)(H3,7,8,9,10,11,12,15). The van der Waals surface area contributed by atoms with E-state index >= 15 is 0 Å². The second kappa shape index (κ2) is 5.90. The monoisotopic (exact) mass is 246 g/mol. The number of nitrogens with one attached hydrogen (secondary N) is 3. The van der Waals surface area contributed by atoms with Crippen molar-refractivity contribution >= 4 is 29.7 Å². The molecule has 0 saturated carbocycles. The van der Waals surface area contributed by atoms with E-state index in [0.717, 1.165) is 0 Å². The molecule has 9 nitrogen and oxygen atoms in total. The fourth-order valence-corrected chi connectivity index (χ4v) is 1.41. The summed E-state index contributed by atoms with van der Waals surface area (Å²) in [5, 5.41) is 25.6. The first-order valence-electron chi connectivity index (χ1n) is 4.16. The van der Waals surface area contributed by atoms with Gasteiger partial charge in [-0.05, 0) is 11.5 Å². The summed E-state index contributed by atoms with van der Waals surface area (Å²) in [5.41, 5.74) is 0. The summed E-state index contributed by atoms with van der Waals surface area (Å²) < 4.78 is 0. The van der Waals surface area contributed by atoms with Crippen LogP contribution in [-0.4, -0.2) is 55.8 Å². The molecular weight excluding hydrogens is 236 g/mol. The zero-order valence-corrected chi connectivity index (χ0v) is 9.11. The molecule has 0 aliphatic heterocycles. The third-order valence-electron chi connectivity index (χ3n) is 1.51. The number of carbonyl (C=O) groups excluding carboxylic acids is 1. The number of tetrazole rings is 1. The maximum absolute atomic E-state index is 11.3. The van der Waals surface area contributed by atoms with Crippen LogP contribution in [0, 0.1) is 0 Å². The van der Waals surface area contributed by atoms with Gasteiger partial charge in [0.05, 0.1) is 0 Å². The Kier molecular flexibility index (Phi) is 4.51. The maximum Gasteiger partial charge on any atom is 0.327 e. The lowest BCUT2D eigenvalue weighted by atomic mass is 10.3. The number of rotatable bonds is 5. The second-order valence-electron chi connectivity index (χ2n) is 2.68. The Labute approximate surface area is 94.4 Å². The molecule has 0 radical (unpaired) electrons. The van der Waals surface area contributed by atoms with Crippen LogP contribution >= 0.6 is 11.8 Å². The van der Waals surface area contributed by atoms with E-state index in [1.807, 2.05) is 0 Å². The van der Waals surface area contributed by atoms with Gasteiger partial charge in [-0.3, -0.25) is 5.32 Å². The number of anilines is 1. The molecule has 88 valence electrons. The SMILES string of the molecule is CSCC(NC(=O)Nc1nn[nH]n1)C(=O)O. The van der Waals surface area contributed by atoms with Crippen molar-refractivity contribution in [3.05, 3.63) is 0 Å². The normalized spacial score (nSPS) is 11.8. The molecule has 0 fully saturated rings. The van der Waals surface area contributed by atoms with Crippen molar-refractivity contribution in [2.45, 2.75) is 6.04 Å². The number of carbonyl (C=O) groups is 2. The molecule has 0 aromatic carbocycles. The Hall–Kier alpha value is -1.84. The van der Waals surface area contributed by atoms with Crippen LogP contribution in [0.2, 0.25) is 0 Å². The van der Waals surface area contributed by atoms with Crippen LogP contribution in [0.1, 0.15) is 0 Å². The number of urea groups is 1. The van der Waals surface area contributed by atoms with Gasteiger partial charge < -0.3 is 10.4 Å². The fraction of sp³-hybridized carbons (Fsp3) is 0.500. The van der Waals surface area contributed by atoms with Gasteiger partial charge >= 0.3 is 12.0 Å². The molecule has 16 heavy (non-hydrogen) atoms. The average Bonchev–Trinajstić information content (AvgIpc) is 2.69. The summed E-state index contributed by atoms with van der Waals surface area (Å²) in [6.45, 7) is 0. The Morgan fingerprint density at radius 2 is 2.38 bits per heavy atom. The highest BCUT2D eigenvalue weighted by atomic mass is 32.2. The van der Waals surface area contributed by atoms with Crippen LogP contribution in [0.15, 0.2) is 0 Å². The minimum Gasteiger partial charge on any atom is -0.480 e. The molecule has 0 saturated heterocycles. The minimum absolute atomic E-state index is 0.0224. The Morgan fingerprint density at radius 1 is 1.62 bits per heavy atom. The zero-order chi connectivity index (χ0) is 12.0. The van der Waals surface area contributed by atoms with E-state index in [1.165, 1.54) is 11.8 Å². The number of aliphatic carboxylic acids is 1.